The molecule has 0 fully saturated rings. The maximum absolute atomic E-state index is 2.90. The van der Waals surface area contributed by atoms with Gasteiger partial charge in [-0.2, -0.15) is 0 Å². The van der Waals surface area contributed by atoms with Crippen molar-refractivity contribution in [3.8, 4) is 0 Å². The van der Waals surface area contributed by atoms with Gasteiger partial charge in [-0.05, 0) is 132 Å². The molecule has 328 valence electrons. The van der Waals surface area contributed by atoms with Crippen molar-refractivity contribution < 1.29 is 0 Å². The summed E-state index contributed by atoms with van der Waals surface area (Å²) in [5.41, 5.74) is 17.9. The fourth-order valence-electron chi connectivity index (χ4n) is 11.0. The Morgan fingerprint density at radius 3 is 1.36 bits per heavy atom. The zero-order valence-electron chi connectivity index (χ0n) is 40.8. The molecule has 4 heteroatoms. The van der Waals surface area contributed by atoms with E-state index in [4.69, 9.17) is 0 Å². The average molecular weight is 875 g/mol. The maximum atomic E-state index is 2.66. The van der Waals surface area contributed by atoms with Crippen molar-refractivity contribution in [3.63, 3.8) is 0 Å². The fraction of sp³-hybridized carbons (Fsp3) is 0.226. The van der Waals surface area contributed by atoms with Crippen LogP contribution in [0.25, 0.3) is 0 Å². The van der Waals surface area contributed by atoms with E-state index >= 15 is 0 Å². The number of anilines is 6. The minimum atomic E-state index is -2.90. The maximum Gasteiger partial charge on any atom is 0.252 e. The van der Waals surface area contributed by atoms with Gasteiger partial charge in [-0.3, -0.25) is 0 Å². The highest BCUT2D eigenvalue weighted by Gasteiger charge is 2.47. The molecule has 0 unspecified atom stereocenters. The first-order valence-electron chi connectivity index (χ1n) is 23.9. The number of fused-ring (bicyclic) bond motifs is 4. The Kier molecular flexibility index (Phi) is 10.5. The minimum absolute atomic E-state index is 0.0262. The SMILES string of the molecule is Cc1cc2c3c(c1)N(c1ccc(C)cc1C(C)(C)C)c1ccc([Si](c4ccccc4)(c4ccccc4)c4ccccc4)cc1B3c1cc(C(C)(C)C)ccc1N2c1ccc(C(C)(C)C)cc1. The average Bonchev–Trinajstić information content (AvgIpc) is 3.29. The van der Waals surface area contributed by atoms with Crippen LogP contribution in [0, 0.1) is 13.8 Å². The molecule has 0 spiro atoms. The zero-order valence-corrected chi connectivity index (χ0v) is 41.8. The summed E-state index contributed by atoms with van der Waals surface area (Å²) in [6.07, 6.45) is 0. The Morgan fingerprint density at radius 1 is 0.364 bits per heavy atom. The Morgan fingerprint density at radius 2 is 0.833 bits per heavy atom. The smallest absolute Gasteiger partial charge is 0.252 e. The van der Waals surface area contributed by atoms with Crippen molar-refractivity contribution in [2.45, 2.75) is 92.4 Å². The molecule has 2 nitrogen and oxygen atoms in total. The molecule has 0 radical (unpaired) electrons. The highest BCUT2D eigenvalue weighted by Crippen LogP contribution is 2.47. The molecule has 0 saturated heterocycles. The number of rotatable bonds is 6. The van der Waals surface area contributed by atoms with E-state index in [1.165, 1.54) is 99.1 Å². The van der Waals surface area contributed by atoms with Crippen LogP contribution in [0.2, 0.25) is 0 Å². The summed E-state index contributed by atoms with van der Waals surface area (Å²) in [6, 6.07) is 70.5. The van der Waals surface area contributed by atoms with Gasteiger partial charge in [-0.15, -0.1) is 0 Å². The van der Waals surface area contributed by atoms with Gasteiger partial charge < -0.3 is 9.80 Å². The molecule has 2 aliphatic heterocycles. The van der Waals surface area contributed by atoms with Gasteiger partial charge in [0.05, 0.1) is 0 Å². The lowest BCUT2D eigenvalue weighted by atomic mass is 9.33. The van der Waals surface area contributed by atoms with Crippen molar-refractivity contribution >= 4 is 86.0 Å². The van der Waals surface area contributed by atoms with Crippen LogP contribution in [0.3, 0.4) is 0 Å². The topological polar surface area (TPSA) is 6.48 Å². The monoisotopic (exact) mass is 874 g/mol. The second-order valence-corrected chi connectivity index (χ2v) is 25.8. The van der Waals surface area contributed by atoms with E-state index < -0.39 is 8.07 Å². The van der Waals surface area contributed by atoms with Gasteiger partial charge in [-0.25, -0.2) is 0 Å². The largest absolute Gasteiger partial charge is 0.311 e. The van der Waals surface area contributed by atoms with Crippen LogP contribution < -0.4 is 46.9 Å². The summed E-state index contributed by atoms with van der Waals surface area (Å²) in [7, 11) is -2.90. The molecule has 8 aromatic rings. The van der Waals surface area contributed by atoms with Gasteiger partial charge in [0.2, 0.25) is 0 Å². The Labute approximate surface area is 396 Å². The van der Waals surface area contributed by atoms with E-state index in [2.05, 4.69) is 268 Å². The molecule has 0 amide bonds. The zero-order chi connectivity index (χ0) is 46.3. The third-order valence-corrected chi connectivity index (χ3v) is 19.1. The van der Waals surface area contributed by atoms with Gasteiger partial charge in [-0.1, -0.05) is 207 Å². The highest BCUT2D eigenvalue weighted by atomic mass is 28.3. The normalized spacial score (nSPS) is 13.6. The summed E-state index contributed by atoms with van der Waals surface area (Å²) < 4.78 is 0. The van der Waals surface area contributed by atoms with Crippen LogP contribution in [-0.2, 0) is 16.2 Å². The summed E-state index contributed by atoms with van der Waals surface area (Å²) >= 11 is 0. The molecule has 0 aliphatic carbocycles. The van der Waals surface area contributed by atoms with Crippen LogP contribution in [0.15, 0.2) is 182 Å². The van der Waals surface area contributed by atoms with Crippen molar-refractivity contribution in [1.82, 2.24) is 0 Å². The van der Waals surface area contributed by atoms with Gasteiger partial charge in [0, 0.05) is 34.1 Å². The quantitative estimate of drug-likeness (QED) is 0.121. The lowest BCUT2D eigenvalue weighted by molar-refractivity contribution is 0.590. The predicted octanol–water partition coefficient (Wildman–Crippen LogP) is 11.7. The lowest BCUT2D eigenvalue weighted by Gasteiger charge is -2.46. The number of hydrogen-bond donors (Lipinski definition) is 0. The molecule has 66 heavy (non-hydrogen) atoms. The summed E-state index contributed by atoms with van der Waals surface area (Å²) in [5, 5.41) is 5.52. The first-order valence-corrected chi connectivity index (χ1v) is 25.9. The van der Waals surface area contributed by atoms with Crippen LogP contribution in [0.5, 0.6) is 0 Å². The van der Waals surface area contributed by atoms with Crippen molar-refractivity contribution in [1.29, 1.82) is 0 Å². The summed E-state index contributed by atoms with van der Waals surface area (Å²) in [5.74, 6) is 0. The first kappa shape index (κ1) is 43.5. The molecule has 0 aromatic heterocycles. The van der Waals surface area contributed by atoms with Crippen LogP contribution >= 0.6 is 0 Å². The molecule has 10 rings (SSSR count). The van der Waals surface area contributed by atoms with E-state index in [9.17, 15) is 0 Å². The Hall–Kier alpha value is -6.36. The molecular weight excluding hydrogens is 812 g/mol. The van der Waals surface area contributed by atoms with Gasteiger partial charge >= 0.3 is 0 Å². The van der Waals surface area contributed by atoms with Gasteiger partial charge in [0.15, 0.2) is 8.07 Å². The Bertz CT molecular complexity index is 3000. The fourth-order valence-corrected chi connectivity index (χ4v) is 15.8. The first-order chi connectivity index (χ1) is 31.5. The molecular formula is C62H63BN2Si. The second-order valence-electron chi connectivity index (χ2n) is 22.0. The summed E-state index contributed by atoms with van der Waals surface area (Å²) in [6.45, 7) is 25.5. The van der Waals surface area contributed by atoms with Crippen molar-refractivity contribution in [2.24, 2.45) is 0 Å². The van der Waals surface area contributed by atoms with Gasteiger partial charge in [0.25, 0.3) is 6.71 Å². The number of benzene rings is 8. The van der Waals surface area contributed by atoms with Gasteiger partial charge in [0.1, 0.15) is 0 Å². The highest BCUT2D eigenvalue weighted by molar-refractivity contribution is 7.20. The number of nitrogens with zero attached hydrogens (tertiary/aromatic N) is 2. The second kappa shape index (κ2) is 15.9. The van der Waals surface area contributed by atoms with E-state index in [1.54, 1.807) is 0 Å². The van der Waals surface area contributed by atoms with E-state index in [-0.39, 0.29) is 23.0 Å². The third kappa shape index (κ3) is 7.17. The summed E-state index contributed by atoms with van der Waals surface area (Å²) in [4.78, 5) is 5.21. The molecule has 0 bridgehead atoms. The minimum Gasteiger partial charge on any atom is -0.311 e. The number of aryl methyl sites for hydroxylation is 2. The molecule has 2 aliphatic rings. The van der Waals surface area contributed by atoms with Crippen molar-refractivity contribution in [2.75, 3.05) is 9.80 Å². The van der Waals surface area contributed by atoms with E-state index in [0.29, 0.717) is 0 Å². The molecule has 8 aromatic carbocycles. The molecule has 2 heterocycles. The predicted molar refractivity (Wildman–Crippen MR) is 290 cm³/mol. The Balaban J connectivity index is 1.35. The molecule has 0 N–H and O–H groups in total. The van der Waals surface area contributed by atoms with Crippen LogP contribution in [-0.4, -0.2) is 14.8 Å². The molecule has 0 atom stereocenters. The lowest BCUT2D eigenvalue weighted by Crippen LogP contribution is -2.75. The van der Waals surface area contributed by atoms with Crippen LogP contribution in [0.1, 0.15) is 90.1 Å². The molecule has 0 saturated carbocycles. The van der Waals surface area contributed by atoms with Crippen molar-refractivity contribution in [3.05, 3.63) is 210 Å². The third-order valence-electron chi connectivity index (χ3n) is 14.3. The van der Waals surface area contributed by atoms with E-state index in [0.717, 1.165) is 0 Å². The number of hydrogen-bond acceptors (Lipinski definition) is 2. The van der Waals surface area contributed by atoms with E-state index in [1.807, 2.05) is 0 Å². The standard InChI is InChI=1S/C62H63BN2Si/c1-42-27-34-54(51(37-42)62(9,10)11)65-56-36-33-50(66(47-21-15-12-16-22-47,48-23-17-13-18-24-48)49-25-19-14-20-26-49)41-53(56)63-52-40-45(61(6,7)8)30-35-55(52)64(57-38-43(2)39-58(65)59(57)63)46-31-28-44(29-32-46)60(3,4)5/h12-41H,1-11H3. The van der Waals surface area contributed by atoms with Crippen LogP contribution in [0.4, 0.5) is 34.1 Å².